The number of carbonyl (C=O) groups excluding carboxylic acids is 1. The van der Waals surface area contributed by atoms with E-state index in [2.05, 4.69) is 6.58 Å². The molecule has 7 heteroatoms. The molecule has 0 aromatic carbocycles. The van der Waals surface area contributed by atoms with Crippen LogP contribution in [0.2, 0.25) is 0 Å². The third-order valence-electron chi connectivity index (χ3n) is 3.56. The first-order valence-corrected chi connectivity index (χ1v) is 5.30. The highest BCUT2D eigenvalue weighted by atomic mass is 19.4. The Labute approximate surface area is 107 Å². The van der Waals surface area contributed by atoms with Gasteiger partial charge in [0.2, 0.25) is 0 Å². The van der Waals surface area contributed by atoms with Gasteiger partial charge in [0.1, 0.15) is 22.8 Å². The smallest absolute Gasteiger partial charge is 0.298 e. The molecule has 0 N–H and O–H groups in total. The summed E-state index contributed by atoms with van der Waals surface area (Å²) in [6, 6.07) is 2.64. The van der Waals surface area contributed by atoms with Gasteiger partial charge in [-0.25, -0.2) is 4.39 Å². The van der Waals surface area contributed by atoms with E-state index in [1.165, 1.54) is 12.1 Å². The Kier molecular flexibility index (Phi) is 3.47. The van der Waals surface area contributed by atoms with Crippen LogP contribution in [-0.2, 0) is 4.79 Å². The Bertz CT molecular complexity index is 501. The number of nitriles is 2. The van der Waals surface area contributed by atoms with Crippen molar-refractivity contribution in [3.8, 4) is 12.1 Å². The molecule has 102 valence electrons. The highest BCUT2D eigenvalue weighted by Crippen LogP contribution is 2.72. The quantitative estimate of drug-likeness (QED) is 0.584. The standard InChI is InChI=1S/C12H10F4N2O/c1-3-10(13)6-11(10,12(14,15)16)9(5-18)8(4-17)7(2)19/h3,8-9H,1,6H2,2H3/t8?,9?,10-,11?/m0/s1. The van der Waals surface area contributed by atoms with E-state index in [4.69, 9.17) is 10.5 Å². The first-order valence-electron chi connectivity index (χ1n) is 5.30. The van der Waals surface area contributed by atoms with Gasteiger partial charge in [0, 0.05) is 6.42 Å². The number of carbonyl (C=O) groups is 1. The van der Waals surface area contributed by atoms with Gasteiger partial charge in [-0.05, 0) is 6.92 Å². The molecule has 3 unspecified atom stereocenters. The monoisotopic (exact) mass is 274 g/mol. The van der Waals surface area contributed by atoms with Crippen molar-refractivity contribution in [1.82, 2.24) is 0 Å². The Morgan fingerprint density at radius 2 is 1.95 bits per heavy atom. The first-order chi connectivity index (χ1) is 8.61. The summed E-state index contributed by atoms with van der Waals surface area (Å²) in [4.78, 5) is 11.2. The zero-order valence-corrected chi connectivity index (χ0v) is 9.96. The Morgan fingerprint density at radius 1 is 1.42 bits per heavy atom. The fourth-order valence-corrected chi connectivity index (χ4v) is 2.37. The van der Waals surface area contributed by atoms with E-state index in [-0.39, 0.29) is 0 Å². The van der Waals surface area contributed by atoms with E-state index in [0.717, 1.165) is 6.92 Å². The number of halogens is 4. The molecule has 1 aliphatic rings. The normalized spacial score (nSPS) is 32.6. The number of ketones is 1. The molecule has 0 heterocycles. The number of nitrogens with zero attached hydrogens (tertiary/aromatic N) is 2. The maximum Gasteiger partial charge on any atom is 0.399 e. The molecule has 0 saturated heterocycles. The van der Waals surface area contributed by atoms with Crippen LogP contribution < -0.4 is 0 Å². The molecule has 1 fully saturated rings. The van der Waals surface area contributed by atoms with Crippen molar-refractivity contribution in [2.24, 2.45) is 17.3 Å². The minimum atomic E-state index is -5.04. The van der Waals surface area contributed by atoms with Crippen molar-refractivity contribution >= 4 is 5.78 Å². The largest absolute Gasteiger partial charge is 0.399 e. The third-order valence-corrected chi connectivity index (χ3v) is 3.56. The number of hydrogen-bond donors (Lipinski definition) is 0. The van der Waals surface area contributed by atoms with E-state index in [1.54, 1.807) is 0 Å². The molecular weight excluding hydrogens is 264 g/mol. The average molecular weight is 274 g/mol. The van der Waals surface area contributed by atoms with Crippen LogP contribution >= 0.6 is 0 Å². The van der Waals surface area contributed by atoms with Crippen LogP contribution in [0.5, 0.6) is 0 Å². The summed E-state index contributed by atoms with van der Waals surface area (Å²) in [6.45, 7) is 3.90. The maximum absolute atomic E-state index is 14.0. The van der Waals surface area contributed by atoms with Crippen molar-refractivity contribution in [1.29, 1.82) is 10.5 Å². The minimum absolute atomic E-state index is 0.486. The molecule has 1 aliphatic carbocycles. The van der Waals surface area contributed by atoms with Crippen molar-refractivity contribution in [3.63, 3.8) is 0 Å². The van der Waals surface area contributed by atoms with Gasteiger partial charge in [0.15, 0.2) is 0 Å². The Hall–Kier alpha value is -1.89. The summed E-state index contributed by atoms with van der Waals surface area (Å²) in [5.74, 6) is -4.79. The van der Waals surface area contributed by atoms with Crippen molar-refractivity contribution in [2.45, 2.75) is 25.2 Å². The molecule has 1 saturated carbocycles. The summed E-state index contributed by atoms with van der Waals surface area (Å²) in [5, 5.41) is 17.6. The first kappa shape index (κ1) is 15.2. The van der Waals surface area contributed by atoms with Gasteiger partial charge in [-0.1, -0.05) is 12.7 Å². The third kappa shape index (κ3) is 1.90. The van der Waals surface area contributed by atoms with Gasteiger partial charge in [0.25, 0.3) is 0 Å². The van der Waals surface area contributed by atoms with Gasteiger partial charge in [-0.2, -0.15) is 23.7 Å². The fraction of sp³-hybridized carbons (Fsp3) is 0.583. The summed E-state index contributed by atoms with van der Waals surface area (Å²) in [5.41, 5.74) is -5.83. The van der Waals surface area contributed by atoms with Gasteiger partial charge in [-0.3, -0.25) is 4.79 Å². The van der Waals surface area contributed by atoms with Crippen LogP contribution in [0.15, 0.2) is 12.7 Å². The number of allylic oxidation sites excluding steroid dienone is 1. The second-order valence-electron chi connectivity index (χ2n) is 4.54. The molecule has 0 amide bonds. The van der Waals surface area contributed by atoms with Crippen LogP contribution in [-0.4, -0.2) is 17.6 Å². The van der Waals surface area contributed by atoms with Crippen molar-refractivity contribution in [2.75, 3.05) is 0 Å². The predicted octanol–water partition coefficient (Wildman–Crippen LogP) is 2.70. The number of hydrogen-bond acceptors (Lipinski definition) is 3. The molecule has 0 bridgehead atoms. The second-order valence-corrected chi connectivity index (χ2v) is 4.54. The van der Waals surface area contributed by atoms with E-state index < -0.39 is 41.3 Å². The van der Waals surface area contributed by atoms with Crippen LogP contribution in [0.25, 0.3) is 0 Å². The van der Waals surface area contributed by atoms with Gasteiger partial charge in [0.05, 0.1) is 18.1 Å². The SMILES string of the molecule is C=C[C@]1(F)CC1(C(C#N)C(C#N)C(C)=O)C(F)(F)F. The van der Waals surface area contributed by atoms with Crippen LogP contribution in [0.4, 0.5) is 17.6 Å². The molecule has 0 radical (unpaired) electrons. The lowest BCUT2D eigenvalue weighted by molar-refractivity contribution is -0.211. The highest BCUT2D eigenvalue weighted by Gasteiger charge is 2.84. The average Bonchev–Trinajstić information content (AvgIpc) is 2.93. The van der Waals surface area contributed by atoms with Gasteiger partial charge < -0.3 is 0 Å². The Morgan fingerprint density at radius 3 is 2.16 bits per heavy atom. The summed E-state index contributed by atoms with van der Waals surface area (Å²) < 4.78 is 53.4. The molecule has 0 aliphatic heterocycles. The number of rotatable bonds is 4. The summed E-state index contributed by atoms with van der Waals surface area (Å²) in [6.07, 6.45) is -5.54. The zero-order valence-electron chi connectivity index (χ0n) is 9.96. The van der Waals surface area contributed by atoms with Crippen LogP contribution in [0.1, 0.15) is 13.3 Å². The topological polar surface area (TPSA) is 64.7 Å². The lowest BCUT2D eigenvalue weighted by Gasteiger charge is -2.28. The van der Waals surface area contributed by atoms with Crippen LogP contribution in [0, 0.1) is 39.9 Å². The van der Waals surface area contributed by atoms with Crippen molar-refractivity contribution in [3.05, 3.63) is 12.7 Å². The van der Waals surface area contributed by atoms with E-state index >= 15 is 0 Å². The predicted molar refractivity (Wildman–Crippen MR) is 56.0 cm³/mol. The van der Waals surface area contributed by atoms with Crippen LogP contribution in [0.3, 0.4) is 0 Å². The lowest BCUT2D eigenvalue weighted by Crippen LogP contribution is -2.42. The Balaban J connectivity index is 3.37. The summed E-state index contributed by atoms with van der Waals surface area (Å²) in [7, 11) is 0. The van der Waals surface area contributed by atoms with E-state index in [9.17, 15) is 22.4 Å². The van der Waals surface area contributed by atoms with E-state index in [0.29, 0.717) is 6.08 Å². The number of Topliss-reactive ketones (excluding diaryl/α,β-unsaturated/α-hetero) is 1. The molecule has 19 heavy (non-hydrogen) atoms. The molecule has 0 spiro atoms. The number of alkyl halides is 4. The molecular formula is C12H10F4N2O. The minimum Gasteiger partial charge on any atom is -0.298 e. The zero-order chi connectivity index (χ0) is 15.1. The van der Waals surface area contributed by atoms with E-state index in [1.807, 2.05) is 0 Å². The fourth-order valence-electron chi connectivity index (χ4n) is 2.37. The molecule has 1 rings (SSSR count). The second kappa shape index (κ2) is 4.34. The van der Waals surface area contributed by atoms with Crippen molar-refractivity contribution < 1.29 is 22.4 Å². The van der Waals surface area contributed by atoms with Gasteiger partial charge in [-0.15, -0.1) is 0 Å². The maximum atomic E-state index is 14.0. The molecule has 3 nitrogen and oxygen atoms in total. The molecule has 4 atom stereocenters. The summed E-state index contributed by atoms with van der Waals surface area (Å²) >= 11 is 0. The molecule has 0 aromatic rings. The van der Waals surface area contributed by atoms with Gasteiger partial charge >= 0.3 is 6.18 Å². The molecule has 0 aromatic heterocycles. The highest BCUT2D eigenvalue weighted by molar-refractivity contribution is 5.81. The lowest BCUT2D eigenvalue weighted by atomic mass is 9.76.